The van der Waals surface area contributed by atoms with Crippen molar-refractivity contribution in [2.24, 2.45) is 0 Å². The average molecular weight is 411 g/mol. The highest BCUT2D eigenvalue weighted by Gasteiger charge is 2.15. The molecule has 5 heteroatoms. The van der Waals surface area contributed by atoms with Crippen LogP contribution in [0, 0.1) is 0 Å². The maximum absolute atomic E-state index is 12.8. The Morgan fingerprint density at radius 3 is 2.42 bits per heavy atom. The van der Waals surface area contributed by atoms with Gasteiger partial charge >= 0.3 is 6.03 Å². The number of carbonyl (C=O) groups is 1. The van der Waals surface area contributed by atoms with E-state index in [4.69, 9.17) is 0 Å². The molecule has 0 aliphatic heterocycles. The third kappa shape index (κ3) is 4.83. The highest BCUT2D eigenvalue weighted by molar-refractivity contribution is 5.75. The van der Waals surface area contributed by atoms with E-state index in [1.165, 1.54) is 0 Å². The second kappa shape index (κ2) is 9.30. The van der Waals surface area contributed by atoms with Gasteiger partial charge in [-0.25, -0.2) is 9.78 Å². The minimum Gasteiger partial charge on any atom is -0.331 e. The Kier molecular flexibility index (Phi) is 6.13. The molecular formula is C26H26N4O. The molecule has 156 valence electrons. The summed E-state index contributed by atoms with van der Waals surface area (Å²) < 4.78 is 1.95. The first-order chi connectivity index (χ1) is 15.1. The second-order valence-electron chi connectivity index (χ2n) is 7.61. The SMILES string of the molecule is CC(NC(=O)N(C)Cc1ccccc1-c1ccccc1)c1ccc(-n2ccnc2)cc1. The van der Waals surface area contributed by atoms with Gasteiger partial charge in [-0.1, -0.05) is 66.7 Å². The first-order valence-corrected chi connectivity index (χ1v) is 10.3. The molecule has 3 aromatic carbocycles. The fraction of sp³-hybridized carbons (Fsp3) is 0.154. The highest BCUT2D eigenvalue weighted by Crippen LogP contribution is 2.24. The summed E-state index contributed by atoms with van der Waals surface area (Å²) >= 11 is 0. The van der Waals surface area contributed by atoms with Crippen molar-refractivity contribution in [1.82, 2.24) is 19.8 Å². The summed E-state index contributed by atoms with van der Waals surface area (Å²) in [5.74, 6) is 0. The highest BCUT2D eigenvalue weighted by atomic mass is 16.2. The van der Waals surface area contributed by atoms with E-state index in [9.17, 15) is 4.79 Å². The van der Waals surface area contributed by atoms with E-state index in [0.29, 0.717) is 6.54 Å². The van der Waals surface area contributed by atoms with Crippen molar-refractivity contribution in [3.05, 3.63) is 109 Å². The number of urea groups is 1. The average Bonchev–Trinajstić information content (AvgIpc) is 3.35. The van der Waals surface area contributed by atoms with Gasteiger partial charge in [-0.2, -0.15) is 0 Å². The first-order valence-electron chi connectivity index (χ1n) is 10.3. The third-order valence-electron chi connectivity index (χ3n) is 5.39. The molecule has 4 rings (SSSR count). The Balaban J connectivity index is 1.41. The van der Waals surface area contributed by atoms with Crippen molar-refractivity contribution in [2.75, 3.05) is 7.05 Å². The van der Waals surface area contributed by atoms with Crippen molar-refractivity contribution in [3.63, 3.8) is 0 Å². The quantitative estimate of drug-likeness (QED) is 0.460. The number of hydrogen-bond donors (Lipinski definition) is 1. The van der Waals surface area contributed by atoms with Crippen LogP contribution in [0.1, 0.15) is 24.1 Å². The number of imidazole rings is 1. The predicted octanol–water partition coefficient (Wildman–Crippen LogP) is 5.44. The lowest BCUT2D eigenvalue weighted by atomic mass is 9.99. The molecule has 1 N–H and O–H groups in total. The van der Waals surface area contributed by atoms with Crippen LogP contribution in [0.2, 0.25) is 0 Å². The van der Waals surface area contributed by atoms with Crippen molar-refractivity contribution in [2.45, 2.75) is 19.5 Å². The number of carbonyl (C=O) groups excluding carboxylic acids is 1. The van der Waals surface area contributed by atoms with E-state index in [2.05, 4.69) is 34.6 Å². The molecule has 0 saturated carbocycles. The molecule has 4 aromatic rings. The van der Waals surface area contributed by atoms with E-state index in [1.807, 2.05) is 79.3 Å². The van der Waals surface area contributed by atoms with Crippen LogP contribution in [0.3, 0.4) is 0 Å². The van der Waals surface area contributed by atoms with Gasteiger partial charge in [-0.15, -0.1) is 0 Å². The first kappa shape index (κ1) is 20.4. The summed E-state index contributed by atoms with van der Waals surface area (Å²) in [7, 11) is 1.83. The Bertz CT molecular complexity index is 1120. The lowest BCUT2D eigenvalue weighted by Crippen LogP contribution is -2.38. The van der Waals surface area contributed by atoms with Gasteiger partial charge in [0.05, 0.1) is 12.4 Å². The topological polar surface area (TPSA) is 50.2 Å². The van der Waals surface area contributed by atoms with Gasteiger partial charge in [0, 0.05) is 31.7 Å². The van der Waals surface area contributed by atoms with Gasteiger partial charge in [-0.05, 0) is 41.3 Å². The number of amides is 2. The summed E-state index contributed by atoms with van der Waals surface area (Å²) in [6.45, 7) is 2.53. The molecule has 1 unspecified atom stereocenters. The van der Waals surface area contributed by atoms with Crippen LogP contribution in [-0.4, -0.2) is 27.5 Å². The van der Waals surface area contributed by atoms with Crippen molar-refractivity contribution >= 4 is 6.03 Å². The number of benzene rings is 3. The Morgan fingerprint density at radius 1 is 1.00 bits per heavy atom. The number of nitrogens with zero attached hydrogens (tertiary/aromatic N) is 3. The van der Waals surface area contributed by atoms with E-state index in [1.54, 1.807) is 17.4 Å². The van der Waals surface area contributed by atoms with Gasteiger partial charge in [0.25, 0.3) is 0 Å². The van der Waals surface area contributed by atoms with Gasteiger partial charge in [0.1, 0.15) is 0 Å². The van der Waals surface area contributed by atoms with E-state index < -0.39 is 0 Å². The van der Waals surface area contributed by atoms with Crippen molar-refractivity contribution in [1.29, 1.82) is 0 Å². The monoisotopic (exact) mass is 410 g/mol. The minimum absolute atomic E-state index is 0.101. The fourth-order valence-corrected chi connectivity index (χ4v) is 3.61. The zero-order valence-electron chi connectivity index (χ0n) is 17.8. The third-order valence-corrected chi connectivity index (χ3v) is 5.39. The van der Waals surface area contributed by atoms with Gasteiger partial charge < -0.3 is 14.8 Å². The fourth-order valence-electron chi connectivity index (χ4n) is 3.61. The largest absolute Gasteiger partial charge is 0.331 e. The maximum Gasteiger partial charge on any atom is 0.317 e. The van der Waals surface area contributed by atoms with E-state index in [0.717, 1.165) is 27.9 Å². The minimum atomic E-state index is -0.103. The maximum atomic E-state index is 12.8. The van der Waals surface area contributed by atoms with Crippen LogP contribution in [0.25, 0.3) is 16.8 Å². The number of nitrogens with one attached hydrogen (secondary N) is 1. The van der Waals surface area contributed by atoms with Crippen molar-refractivity contribution in [3.8, 4) is 16.8 Å². The molecule has 5 nitrogen and oxygen atoms in total. The number of rotatable bonds is 6. The zero-order valence-corrected chi connectivity index (χ0v) is 17.8. The van der Waals surface area contributed by atoms with Gasteiger partial charge in [0.2, 0.25) is 0 Å². The number of aromatic nitrogens is 2. The summed E-state index contributed by atoms with van der Waals surface area (Å²) in [5, 5.41) is 3.10. The summed E-state index contributed by atoms with van der Waals surface area (Å²) in [5.41, 5.74) is 5.50. The molecule has 2 amide bonds. The molecular weight excluding hydrogens is 384 g/mol. The van der Waals surface area contributed by atoms with Gasteiger partial charge in [-0.3, -0.25) is 0 Å². The molecule has 1 heterocycles. The summed E-state index contributed by atoms with van der Waals surface area (Å²) in [4.78, 5) is 18.6. The standard InChI is InChI=1S/C26H26N4O/c1-20(21-12-14-24(15-13-21)30-17-16-27-19-30)28-26(31)29(2)18-23-10-6-7-11-25(23)22-8-4-3-5-9-22/h3-17,19-20H,18H2,1-2H3,(H,28,31). The van der Waals surface area contributed by atoms with Crippen LogP contribution in [0.4, 0.5) is 4.79 Å². The Labute approximate surface area is 183 Å². The normalized spacial score (nSPS) is 11.7. The van der Waals surface area contributed by atoms with Crippen LogP contribution in [0.5, 0.6) is 0 Å². The van der Waals surface area contributed by atoms with E-state index >= 15 is 0 Å². The Hall–Kier alpha value is -3.86. The molecule has 0 aliphatic rings. The molecule has 31 heavy (non-hydrogen) atoms. The molecule has 0 bridgehead atoms. The second-order valence-corrected chi connectivity index (χ2v) is 7.61. The summed E-state index contributed by atoms with van der Waals surface area (Å²) in [6.07, 6.45) is 5.42. The zero-order chi connectivity index (χ0) is 21.6. The molecule has 1 aromatic heterocycles. The molecule has 0 radical (unpaired) electrons. The van der Waals surface area contributed by atoms with Crippen molar-refractivity contribution < 1.29 is 4.79 Å². The molecule has 0 fully saturated rings. The van der Waals surface area contributed by atoms with E-state index in [-0.39, 0.29) is 12.1 Å². The lowest BCUT2D eigenvalue weighted by molar-refractivity contribution is 0.203. The predicted molar refractivity (Wildman–Crippen MR) is 124 cm³/mol. The van der Waals surface area contributed by atoms with Crippen LogP contribution in [0.15, 0.2) is 97.6 Å². The molecule has 1 atom stereocenters. The van der Waals surface area contributed by atoms with Crippen LogP contribution >= 0.6 is 0 Å². The smallest absolute Gasteiger partial charge is 0.317 e. The summed E-state index contributed by atoms with van der Waals surface area (Å²) in [6, 6.07) is 26.4. The van der Waals surface area contributed by atoms with Crippen LogP contribution < -0.4 is 5.32 Å². The lowest BCUT2D eigenvalue weighted by Gasteiger charge is -2.23. The number of hydrogen-bond acceptors (Lipinski definition) is 2. The van der Waals surface area contributed by atoms with Crippen LogP contribution in [-0.2, 0) is 6.54 Å². The van der Waals surface area contributed by atoms with Gasteiger partial charge in [0.15, 0.2) is 0 Å². The molecule has 0 saturated heterocycles. The molecule has 0 spiro atoms. The molecule has 0 aliphatic carbocycles. The Morgan fingerprint density at radius 2 is 1.71 bits per heavy atom.